The highest BCUT2D eigenvalue weighted by Crippen LogP contribution is 2.22. The number of aromatic nitrogens is 5. The molecule has 0 spiro atoms. The quantitative estimate of drug-likeness (QED) is 0.625. The molecule has 1 amide bonds. The van der Waals surface area contributed by atoms with Crippen LogP contribution >= 0.6 is 11.8 Å². The summed E-state index contributed by atoms with van der Waals surface area (Å²) in [6, 6.07) is 12.0. The zero-order valence-electron chi connectivity index (χ0n) is 14.0. The van der Waals surface area contributed by atoms with E-state index in [2.05, 4.69) is 15.3 Å². The van der Waals surface area contributed by atoms with Gasteiger partial charge in [0.25, 0.3) is 0 Å². The number of carbonyl (C=O) groups excluding carboxylic acids is 1. The van der Waals surface area contributed by atoms with Gasteiger partial charge in [-0.05, 0) is 25.1 Å². The molecule has 0 aliphatic heterocycles. The van der Waals surface area contributed by atoms with Crippen LogP contribution in [0.25, 0.3) is 5.69 Å². The number of rotatable bonds is 8. The molecule has 0 radical (unpaired) electrons. The van der Waals surface area contributed by atoms with E-state index >= 15 is 0 Å². The van der Waals surface area contributed by atoms with Crippen LogP contribution in [-0.4, -0.2) is 30.5 Å². The molecule has 0 aliphatic carbocycles. The van der Waals surface area contributed by atoms with Gasteiger partial charge in [0.1, 0.15) is 5.82 Å². The molecule has 7 nitrogen and oxygen atoms in total. The Balaban J connectivity index is 1.66. The maximum atomic E-state index is 11.0. The summed E-state index contributed by atoms with van der Waals surface area (Å²) in [6.07, 6.45) is 2.75. The van der Waals surface area contributed by atoms with Crippen molar-refractivity contribution in [1.82, 2.24) is 24.5 Å². The molecule has 2 heterocycles. The number of hydrogen-bond donors (Lipinski definition) is 1. The van der Waals surface area contributed by atoms with Crippen molar-refractivity contribution in [2.45, 2.75) is 37.2 Å². The average molecular weight is 356 g/mol. The number of hydrogen-bond acceptors (Lipinski definition) is 5. The van der Waals surface area contributed by atoms with Crippen LogP contribution in [0, 0.1) is 0 Å². The molecule has 8 heteroatoms. The van der Waals surface area contributed by atoms with Gasteiger partial charge in [-0.2, -0.15) is 5.10 Å². The van der Waals surface area contributed by atoms with Crippen LogP contribution in [0.5, 0.6) is 0 Å². The van der Waals surface area contributed by atoms with Gasteiger partial charge in [0.05, 0.1) is 11.4 Å². The van der Waals surface area contributed by atoms with Gasteiger partial charge in [-0.1, -0.05) is 30.0 Å². The first-order chi connectivity index (χ1) is 12.2. The first-order valence-corrected chi connectivity index (χ1v) is 9.09. The van der Waals surface area contributed by atoms with Crippen molar-refractivity contribution < 1.29 is 4.79 Å². The van der Waals surface area contributed by atoms with E-state index in [4.69, 9.17) is 5.73 Å². The Morgan fingerprint density at radius 2 is 2.00 bits per heavy atom. The molecule has 0 unspecified atom stereocenters. The lowest BCUT2D eigenvalue weighted by Gasteiger charge is -2.06. The van der Waals surface area contributed by atoms with Crippen molar-refractivity contribution in [1.29, 1.82) is 0 Å². The van der Waals surface area contributed by atoms with Crippen molar-refractivity contribution in [2.75, 3.05) is 0 Å². The van der Waals surface area contributed by atoms with Crippen molar-refractivity contribution in [3.8, 4) is 5.69 Å². The van der Waals surface area contributed by atoms with Crippen LogP contribution in [-0.2, 0) is 23.5 Å². The zero-order chi connectivity index (χ0) is 17.6. The minimum absolute atomic E-state index is 0.282. The fourth-order valence-corrected chi connectivity index (χ4v) is 3.38. The van der Waals surface area contributed by atoms with E-state index in [1.165, 1.54) is 0 Å². The van der Waals surface area contributed by atoms with Gasteiger partial charge in [-0.3, -0.25) is 4.79 Å². The van der Waals surface area contributed by atoms with Gasteiger partial charge < -0.3 is 10.3 Å². The highest BCUT2D eigenvalue weighted by atomic mass is 32.2. The van der Waals surface area contributed by atoms with Gasteiger partial charge in [0.2, 0.25) is 5.91 Å². The Bertz CT molecular complexity index is 842. The second-order valence-electron chi connectivity index (χ2n) is 5.49. The van der Waals surface area contributed by atoms with Crippen LogP contribution in [0.1, 0.15) is 24.9 Å². The van der Waals surface area contributed by atoms with Crippen molar-refractivity contribution in [3.63, 3.8) is 0 Å². The minimum atomic E-state index is -0.327. The largest absolute Gasteiger partial charge is 0.370 e. The summed E-state index contributed by atoms with van der Waals surface area (Å²) in [5.41, 5.74) is 7.21. The van der Waals surface area contributed by atoms with Crippen LogP contribution in [0.2, 0.25) is 0 Å². The first kappa shape index (κ1) is 17.2. The Morgan fingerprint density at radius 3 is 2.72 bits per heavy atom. The standard InChI is InChI=1S/C17H20N6OS/c1-2-22-16(9-8-15(18)24)19-20-17(22)25-12-13-10-11-23(21-13)14-6-4-3-5-7-14/h3-7,10-11H,2,8-9,12H2,1H3,(H2,18,24). The number of para-hydroxylation sites is 1. The van der Waals surface area contributed by atoms with Crippen molar-refractivity contribution >= 4 is 17.7 Å². The molecule has 0 saturated carbocycles. The van der Waals surface area contributed by atoms with E-state index < -0.39 is 0 Å². The number of benzene rings is 1. The van der Waals surface area contributed by atoms with Crippen molar-refractivity contribution in [3.05, 3.63) is 54.1 Å². The Hall–Kier alpha value is -2.61. The smallest absolute Gasteiger partial charge is 0.217 e. The molecule has 0 aliphatic rings. The molecule has 130 valence electrons. The second kappa shape index (κ2) is 7.98. The minimum Gasteiger partial charge on any atom is -0.370 e. The predicted octanol–water partition coefficient (Wildman–Crippen LogP) is 2.19. The Morgan fingerprint density at radius 1 is 1.20 bits per heavy atom. The molecular weight excluding hydrogens is 336 g/mol. The highest BCUT2D eigenvalue weighted by molar-refractivity contribution is 7.98. The van der Waals surface area contributed by atoms with E-state index in [-0.39, 0.29) is 12.3 Å². The van der Waals surface area contributed by atoms with Crippen molar-refractivity contribution in [2.24, 2.45) is 5.73 Å². The predicted molar refractivity (Wildman–Crippen MR) is 96.3 cm³/mol. The average Bonchev–Trinajstić information content (AvgIpc) is 3.25. The van der Waals surface area contributed by atoms with E-state index in [0.29, 0.717) is 12.2 Å². The fraction of sp³-hybridized carbons (Fsp3) is 0.294. The topological polar surface area (TPSA) is 91.6 Å². The lowest BCUT2D eigenvalue weighted by atomic mass is 10.3. The Kier molecular flexibility index (Phi) is 5.49. The normalized spacial score (nSPS) is 10.9. The summed E-state index contributed by atoms with van der Waals surface area (Å²) in [5, 5.41) is 13.8. The molecule has 2 aromatic heterocycles. The van der Waals surface area contributed by atoms with E-state index in [1.807, 2.05) is 58.8 Å². The summed E-state index contributed by atoms with van der Waals surface area (Å²) < 4.78 is 3.88. The van der Waals surface area contributed by atoms with Crippen LogP contribution in [0.3, 0.4) is 0 Å². The number of nitrogens with two attached hydrogens (primary N) is 1. The number of primary amides is 1. The molecule has 0 fully saturated rings. The Labute approximate surface area is 150 Å². The number of carbonyl (C=O) groups is 1. The third-order valence-electron chi connectivity index (χ3n) is 3.72. The van der Waals surface area contributed by atoms with Crippen LogP contribution < -0.4 is 5.73 Å². The van der Waals surface area contributed by atoms with Gasteiger partial charge in [-0.25, -0.2) is 4.68 Å². The van der Waals surface area contributed by atoms with Crippen LogP contribution in [0.15, 0.2) is 47.8 Å². The lowest BCUT2D eigenvalue weighted by molar-refractivity contribution is -0.118. The van der Waals surface area contributed by atoms with Gasteiger partial charge >= 0.3 is 0 Å². The maximum Gasteiger partial charge on any atom is 0.217 e. The van der Waals surface area contributed by atoms with Gasteiger partial charge in [0, 0.05) is 31.3 Å². The van der Waals surface area contributed by atoms with E-state index in [0.717, 1.165) is 28.9 Å². The highest BCUT2D eigenvalue weighted by Gasteiger charge is 2.13. The zero-order valence-corrected chi connectivity index (χ0v) is 14.8. The molecule has 0 atom stereocenters. The summed E-state index contributed by atoms with van der Waals surface area (Å²) in [5.74, 6) is 1.17. The van der Waals surface area contributed by atoms with Gasteiger partial charge in [-0.15, -0.1) is 10.2 Å². The van der Waals surface area contributed by atoms with E-state index in [1.54, 1.807) is 11.8 Å². The monoisotopic (exact) mass is 356 g/mol. The lowest BCUT2D eigenvalue weighted by Crippen LogP contribution is -2.13. The number of thioether (sulfide) groups is 1. The van der Waals surface area contributed by atoms with Crippen LogP contribution in [0.4, 0.5) is 0 Å². The molecule has 2 N–H and O–H groups in total. The molecule has 0 saturated heterocycles. The summed E-state index contributed by atoms with van der Waals surface area (Å²) in [7, 11) is 0. The summed E-state index contributed by atoms with van der Waals surface area (Å²) >= 11 is 1.59. The SMILES string of the molecule is CCn1c(CCC(N)=O)nnc1SCc1ccn(-c2ccccc2)n1. The van der Waals surface area contributed by atoms with Gasteiger partial charge in [0.15, 0.2) is 5.16 Å². The molecule has 3 rings (SSSR count). The number of nitrogens with zero attached hydrogens (tertiary/aromatic N) is 5. The fourth-order valence-electron chi connectivity index (χ4n) is 2.47. The molecule has 3 aromatic rings. The third-order valence-corrected chi connectivity index (χ3v) is 4.72. The first-order valence-electron chi connectivity index (χ1n) is 8.10. The molecular formula is C17H20N6OS. The molecule has 0 bridgehead atoms. The maximum absolute atomic E-state index is 11.0. The number of aryl methyl sites for hydroxylation is 1. The molecule has 25 heavy (non-hydrogen) atoms. The summed E-state index contributed by atoms with van der Waals surface area (Å²) in [4.78, 5) is 11.0. The molecule has 1 aromatic carbocycles. The van der Waals surface area contributed by atoms with E-state index in [9.17, 15) is 4.79 Å². The third kappa shape index (κ3) is 4.27. The summed E-state index contributed by atoms with van der Waals surface area (Å²) in [6.45, 7) is 2.78. The second-order valence-corrected chi connectivity index (χ2v) is 6.43. The number of amides is 1.